The molecule has 4 rings (SSSR count). The van der Waals surface area contributed by atoms with Crippen molar-refractivity contribution in [1.82, 2.24) is 20.2 Å². The second-order valence-corrected chi connectivity index (χ2v) is 7.74. The van der Waals surface area contributed by atoms with Crippen molar-refractivity contribution in [2.75, 3.05) is 19.6 Å². The molecule has 1 fully saturated rings. The minimum Gasteiger partial charge on any atom is -0.486 e. The van der Waals surface area contributed by atoms with E-state index in [2.05, 4.69) is 15.3 Å². The number of carbonyl (C=O) groups is 3. The Hall–Kier alpha value is -3.29. The Morgan fingerprint density at radius 2 is 2.07 bits per heavy atom. The van der Waals surface area contributed by atoms with Crippen molar-refractivity contribution in [2.24, 2.45) is 0 Å². The largest absolute Gasteiger partial charge is 0.486 e. The lowest BCUT2D eigenvalue weighted by Crippen LogP contribution is -2.44. The van der Waals surface area contributed by atoms with E-state index in [0.29, 0.717) is 43.7 Å². The molecule has 2 aliphatic rings. The van der Waals surface area contributed by atoms with E-state index >= 15 is 0 Å². The third kappa shape index (κ3) is 4.48. The van der Waals surface area contributed by atoms with Crippen LogP contribution in [-0.2, 0) is 16.0 Å². The number of rotatable bonds is 5. The highest BCUT2D eigenvalue weighted by molar-refractivity contribution is 6.00. The van der Waals surface area contributed by atoms with E-state index in [0.717, 1.165) is 5.69 Å². The molecule has 2 aliphatic heterocycles. The zero-order valence-electron chi connectivity index (χ0n) is 16.7. The van der Waals surface area contributed by atoms with Crippen molar-refractivity contribution < 1.29 is 19.1 Å². The Morgan fingerprint density at radius 1 is 1.20 bits per heavy atom. The van der Waals surface area contributed by atoms with Crippen LogP contribution in [0.2, 0.25) is 0 Å². The number of hydrogen-bond acceptors (Lipinski definition) is 6. The second kappa shape index (κ2) is 8.61. The third-order valence-corrected chi connectivity index (χ3v) is 5.64. The predicted molar refractivity (Wildman–Crippen MR) is 108 cm³/mol. The number of para-hydroxylation sites is 1. The van der Waals surface area contributed by atoms with Gasteiger partial charge in [0.1, 0.15) is 11.4 Å². The summed E-state index contributed by atoms with van der Waals surface area (Å²) in [6.45, 7) is 0.809. The molecule has 1 N–H and O–H groups in total. The molecule has 0 saturated carbocycles. The van der Waals surface area contributed by atoms with Gasteiger partial charge in [-0.05, 0) is 18.6 Å². The summed E-state index contributed by atoms with van der Waals surface area (Å²) in [5.41, 5.74) is 0.709. The Morgan fingerprint density at radius 3 is 2.90 bits per heavy atom. The first kappa shape index (κ1) is 20.0. The van der Waals surface area contributed by atoms with Crippen LogP contribution in [0.5, 0.6) is 5.75 Å². The molecule has 0 aliphatic carbocycles. The number of nitrogens with zero attached hydrogens (tertiary/aromatic N) is 3. The Kier molecular flexibility index (Phi) is 5.74. The zero-order chi connectivity index (χ0) is 21.0. The molecule has 2 aromatic rings. The molecule has 1 atom stereocenters. The minimum absolute atomic E-state index is 0.0000843. The van der Waals surface area contributed by atoms with Gasteiger partial charge < -0.3 is 15.0 Å². The van der Waals surface area contributed by atoms with Gasteiger partial charge in [0, 0.05) is 50.9 Å². The summed E-state index contributed by atoms with van der Waals surface area (Å²) in [7, 11) is 0. The number of hydrogen-bond donors (Lipinski definition) is 1. The van der Waals surface area contributed by atoms with Crippen molar-refractivity contribution in [3.8, 4) is 5.75 Å². The van der Waals surface area contributed by atoms with Gasteiger partial charge in [0.2, 0.25) is 11.8 Å². The van der Waals surface area contributed by atoms with E-state index in [9.17, 15) is 14.4 Å². The first-order valence-electron chi connectivity index (χ1n) is 10.2. The highest BCUT2D eigenvalue weighted by Crippen LogP contribution is 2.39. The van der Waals surface area contributed by atoms with E-state index < -0.39 is 5.60 Å². The van der Waals surface area contributed by atoms with E-state index in [1.807, 2.05) is 12.1 Å². The monoisotopic (exact) mass is 408 g/mol. The summed E-state index contributed by atoms with van der Waals surface area (Å²) < 4.78 is 6.21. The van der Waals surface area contributed by atoms with Crippen LogP contribution in [0.25, 0.3) is 0 Å². The highest BCUT2D eigenvalue weighted by atomic mass is 16.5. The number of fused-ring (bicyclic) bond motifs is 1. The number of aromatic nitrogens is 2. The number of benzene rings is 1. The molecule has 0 unspecified atom stereocenters. The van der Waals surface area contributed by atoms with Crippen molar-refractivity contribution in [1.29, 1.82) is 0 Å². The smallest absolute Gasteiger partial charge is 0.239 e. The van der Waals surface area contributed by atoms with Crippen LogP contribution in [0.15, 0.2) is 42.9 Å². The first-order valence-corrected chi connectivity index (χ1v) is 10.2. The maximum absolute atomic E-state index is 12.6. The van der Waals surface area contributed by atoms with E-state index in [1.54, 1.807) is 35.6 Å². The standard InChI is InChI=1S/C22H24N4O4/c27-18-13-22(30-19-4-2-1-3-17(18)19)7-5-21(29)26(12-8-22)15-20(28)25-9-6-16-14-23-10-11-24-16/h1-4,10-11,14H,5-9,12-13,15H2,(H,25,28)/t22-/m0/s1. The van der Waals surface area contributed by atoms with Crippen molar-refractivity contribution in [3.63, 3.8) is 0 Å². The summed E-state index contributed by atoms with van der Waals surface area (Å²) in [5, 5.41) is 2.82. The lowest BCUT2D eigenvalue weighted by atomic mass is 9.84. The van der Waals surface area contributed by atoms with Gasteiger partial charge in [-0.1, -0.05) is 12.1 Å². The molecule has 1 spiro atoms. The molecule has 156 valence electrons. The molecular weight excluding hydrogens is 384 g/mol. The van der Waals surface area contributed by atoms with Crippen LogP contribution in [0.4, 0.5) is 0 Å². The maximum Gasteiger partial charge on any atom is 0.239 e. The molecule has 8 heteroatoms. The molecule has 30 heavy (non-hydrogen) atoms. The van der Waals surface area contributed by atoms with Gasteiger partial charge in [0.05, 0.1) is 24.2 Å². The van der Waals surface area contributed by atoms with Crippen LogP contribution < -0.4 is 10.1 Å². The van der Waals surface area contributed by atoms with E-state index in [-0.39, 0.29) is 37.0 Å². The first-order chi connectivity index (χ1) is 14.5. The second-order valence-electron chi connectivity index (χ2n) is 7.74. The number of ether oxygens (including phenoxy) is 1. The van der Waals surface area contributed by atoms with Gasteiger partial charge in [-0.3, -0.25) is 24.4 Å². The quantitative estimate of drug-likeness (QED) is 0.806. The van der Waals surface area contributed by atoms with Gasteiger partial charge in [-0.25, -0.2) is 0 Å². The van der Waals surface area contributed by atoms with Crippen LogP contribution in [0, 0.1) is 0 Å². The number of likely N-dealkylation sites (tertiary alicyclic amines) is 1. The summed E-state index contributed by atoms with van der Waals surface area (Å²) >= 11 is 0. The van der Waals surface area contributed by atoms with E-state index in [1.165, 1.54) is 0 Å². The molecule has 8 nitrogen and oxygen atoms in total. The van der Waals surface area contributed by atoms with E-state index in [4.69, 9.17) is 4.74 Å². The molecule has 1 aromatic heterocycles. The van der Waals surface area contributed by atoms with Crippen LogP contribution in [-0.4, -0.2) is 57.7 Å². The molecule has 0 radical (unpaired) electrons. The van der Waals surface area contributed by atoms with Gasteiger partial charge in [-0.2, -0.15) is 0 Å². The summed E-state index contributed by atoms with van der Waals surface area (Å²) in [5.74, 6) is 0.316. The van der Waals surface area contributed by atoms with Gasteiger partial charge >= 0.3 is 0 Å². The summed E-state index contributed by atoms with van der Waals surface area (Å²) in [4.78, 5) is 47.2. The van der Waals surface area contributed by atoms with Gasteiger partial charge in [-0.15, -0.1) is 0 Å². The van der Waals surface area contributed by atoms with Crippen LogP contribution in [0.3, 0.4) is 0 Å². The topological polar surface area (TPSA) is 101 Å². The Balaban J connectivity index is 1.33. The zero-order valence-corrected chi connectivity index (χ0v) is 16.7. The lowest BCUT2D eigenvalue weighted by molar-refractivity contribution is -0.135. The van der Waals surface area contributed by atoms with Crippen LogP contribution in [0.1, 0.15) is 41.7 Å². The molecule has 2 amide bonds. The minimum atomic E-state index is -0.682. The fourth-order valence-corrected chi connectivity index (χ4v) is 3.99. The number of carbonyl (C=O) groups excluding carboxylic acids is 3. The Labute approximate surface area is 174 Å². The number of nitrogens with one attached hydrogen (secondary N) is 1. The molecule has 1 saturated heterocycles. The molecule has 1 aromatic carbocycles. The average molecular weight is 408 g/mol. The van der Waals surface area contributed by atoms with Gasteiger partial charge in [0.25, 0.3) is 0 Å². The van der Waals surface area contributed by atoms with Crippen molar-refractivity contribution in [2.45, 2.75) is 37.7 Å². The average Bonchev–Trinajstić information content (AvgIpc) is 2.89. The molecular formula is C22H24N4O4. The fraction of sp³-hybridized carbons (Fsp3) is 0.409. The van der Waals surface area contributed by atoms with Crippen LogP contribution >= 0.6 is 0 Å². The fourth-order valence-electron chi connectivity index (χ4n) is 3.99. The number of ketones is 1. The predicted octanol–water partition coefficient (Wildman–Crippen LogP) is 1.55. The summed E-state index contributed by atoms with van der Waals surface area (Å²) in [6, 6.07) is 7.22. The third-order valence-electron chi connectivity index (χ3n) is 5.64. The number of amides is 2. The Bertz CT molecular complexity index is 949. The van der Waals surface area contributed by atoms with Gasteiger partial charge in [0.15, 0.2) is 5.78 Å². The normalized spacial score (nSPS) is 21.0. The van der Waals surface area contributed by atoms with Crippen molar-refractivity contribution >= 4 is 17.6 Å². The maximum atomic E-state index is 12.6. The number of Topliss-reactive ketones (excluding diaryl/α,β-unsaturated/α-hetero) is 1. The SMILES string of the molecule is O=C(CN1CC[C@@]2(CCC1=O)CC(=O)c1ccccc1O2)NCCc1cnccn1. The highest BCUT2D eigenvalue weighted by Gasteiger charge is 2.43. The lowest BCUT2D eigenvalue weighted by Gasteiger charge is -2.37. The molecule has 0 bridgehead atoms. The molecule has 3 heterocycles. The summed E-state index contributed by atoms with van der Waals surface area (Å²) in [6.07, 6.45) is 6.95. The van der Waals surface area contributed by atoms with Crippen molar-refractivity contribution in [3.05, 3.63) is 54.1 Å².